The van der Waals surface area contributed by atoms with E-state index in [4.69, 9.17) is 5.11 Å². The fourth-order valence-electron chi connectivity index (χ4n) is 1.99. The van der Waals surface area contributed by atoms with Crippen LogP contribution >= 0.6 is 0 Å². The van der Waals surface area contributed by atoms with E-state index in [0.717, 1.165) is 11.1 Å². The van der Waals surface area contributed by atoms with Crippen molar-refractivity contribution in [1.29, 1.82) is 0 Å². The van der Waals surface area contributed by atoms with Gasteiger partial charge in [-0.1, -0.05) is 36.4 Å². The summed E-state index contributed by atoms with van der Waals surface area (Å²) in [5.74, 6) is -1.57. The monoisotopic (exact) mass is 230 g/mol. The highest BCUT2D eigenvalue weighted by molar-refractivity contribution is 5.75. The fourth-order valence-corrected chi connectivity index (χ4v) is 1.99. The van der Waals surface area contributed by atoms with E-state index in [-0.39, 0.29) is 0 Å². The minimum Gasteiger partial charge on any atom is -0.481 e. The lowest BCUT2D eigenvalue weighted by molar-refractivity contribution is -0.138. The molecule has 1 aromatic carbocycles. The second-order valence-electron chi connectivity index (χ2n) is 4.22. The van der Waals surface area contributed by atoms with Gasteiger partial charge in [0.1, 0.15) is 5.60 Å². The van der Waals surface area contributed by atoms with Crippen LogP contribution in [0.1, 0.15) is 11.1 Å². The maximum Gasteiger partial charge on any atom is 0.314 e. The predicted molar refractivity (Wildman–Crippen MR) is 64.5 cm³/mol. The fraction of sp³-hybridized carbons (Fsp3) is 0.214. The number of aliphatic carboxylic acids is 1. The molecule has 3 nitrogen and oxygen atoms in total. The number of aryl methyl sites for hydroxylation is 1. The van der Waals surface area contributed by atoms with Crippen molar-refractivity contribution >= 4 is 5.97 Å². The molecule has 0 saturated heterocycles. The first-order valence-electron chi connectivity index (χ1n) is 5.43. The van der Waals surface area contributed by atoms with E-state index in [9.17, 15) is 9.90 Å². The Morgan fingerprint density at radius 3 is 2.35 bits per heavy atom. The summed E-state index contributed by atoms with van der Waals surface area (Å²) in [7, 11) is 0. The van der Waals surface area contributed by atoms with Gasteiger partial charge in [-0.25, -0.2) is 0 Å². The lowest BCUT2D eigenvalue weighted by atomic mass is 9.84. The molecule has 0 amide bonds. The third kappa shape index (κ3) is 2.15. The zero-order chi connectivity index (χ0) is 12.5. The Kier molecular flexibility index (Phi) is 2.86. The Balaban J connectivity index is 2.36. The molecule has 0 bridgehead atoms. The number of carboxylic acid groups (broad SMARTS) is 1. The molecule has 1 aromatic rings. The molecule has 0 unspecified atom stereocenters. The van der Waals surface area contributed by atoms with Crippen molar-refractivity contribution in [2.45, 2.75) is 12.5 Å². The maximum atomic E-state index is 10.8. The molecule has 0 aromatic heterocycles. The van der Waals surface area contributed by atoms with Crippen LogP contribution in [-0.2, 0) is 10.4 Å². The van der Waals surface area contributed by atoms with Crippen LogP contribution in [-0.4, -0.2) is 16.2 Å². The van der Waals surface area contributed by atoms with Crippen LogP contribution < -0.4 is 0 Å². The van der Waals surface area contributed by atoms with Crippen LogP contribution in [0.4, 0.5) is 0 Å². The molecule has 1 aliphatic carbocycles. The lowest BCUT2D eigenvalue weighted by Crippen LogP contribution is -2.25. The van der Waals surface area contributed by atoms with Gasteiger partial charge >= 0.3 is 5.97 Å². The van der Waals surface area contributed by atoms with Crippen molar-refractivity contribution in [3.8, 4) is 0 Å². The van der Waals surface area contributed by atoms with Gasteiger partial charge in [-0.2, -0.15) is 0 Å². The molecule has 2 N–H and O–H groups in total. The average Bonchev–Trinajstić information content (AvgIpc) is 2.30. The van der Waals surface area contributed by atoms with Crippen LogP contribution in [0.3, 0.4) is 0 Å². The first kappa shape index (κ1) is 11.6. The number of aliphatic hydroxyl groups is 1. The molecule has 17 heavy (non-hydrogen) atoms. The largest absolute Gasteiger partial charge is 0.481 e. The van der Waals surface area contributed by atoms with Gasteiger partial charge in [0.15, 0.2) is 0 Å². The number of hydrogen-bond donors (Lipinski definition) is 2. The number of carbonyl (C=O) groups is 1. The molecule has 0 spiro atoms. The smallest absolute Gasteiger partial charge is 0.314 e. The molecule has 3 heteroatoms. The van der Waals surface area contributed by atoms with Crippen LogP contribution in [0.25, 0.3) is 0 Å². The van der Waals surface area contributed by atoms with E-state index in [1.54, 1.807) is 0 Å². The highest BCUT2D eigenvalue weighted by Crippen LogP contribution is 2.31. The Bertz CT molecular complexity index is 486. The summed E-state index contributed by atoms with van der Waals surface area (Å²) in [5, 5.41) is 19.3. The van der Waals surface area contributed by atoms with Crippen LogP contribution in [0.5, 0.6) is 0 Å². The van der Waals surface area contributed by atoms with Crippen LogP contribution in [0, 0.1) is 12.8 Å². The zero-order valence-electron chi connectivity index (χ0n) is 9.50. The normalized spacial score (nSPS) is 27.1. The number of rotatable bonds is 2. The minimum absolute atomic E-state index is 0.653. The number of carboxylic acids is 1. The molecule has 0 saturated carbocycles. The van der Waals surface area contributed by atoms with Crippen molar-refractivity contribution in [3.05, 3.63) is 59.7 Å². The summed E-state index contributed by atoms with van der Waals surface area (Å²) >= 11 is 0. The van der Waals surface area contributed by atoms with Crippen LogP contribution in [0.15, 0.2) is 48.6 Å². The summed E-state index contributed by atoms with van der Waals surface area (Å²) in [6, 6.07) is 7.51. The van der Waals surface area contributed by atoms with E-state index in [2.05, 4.69) is 0 Å². The van der Waals surface area contributed by atoms with Crippen molar-refractivity contribution in [3.63, 3.8) is 0 Å². The summed E-state index contributed by atoms with van der Waals surface area (Å²) in [5.41, 5.74) is 0.548. The van der Waals surface area contributed by atoms with Gasteiger partial charge < -0.3 is 10.2 Å². The molecule has 0 atom stereocenters. The van der Waals surface area contributed by atoms with Crippen molar-refractivity contribution < 1.29 is 15.0 Å². The molecule has 0 radical (unpaired) electrons. The number of benzene rings is 1. The standard InChI is InChI=1S/C14H14O3/c1-10-4-2-3-5-12(10)14(17)8-6-11(7-9-14)13(15)16/h2-9,11,17H,1H3,(H,15,16). The van der Waals surface area contributed by atoms with Gasteiger partial charge in [-0.15, -0.1) is 0 Å². The molecule has 0 aliphatic heterocycles. The first-order chi connectivity index (χ1) is 8.03. The van der Waals surface area contributed by atoms with Gasteiger partial charge in [-0.3, -0.25) is 4.79 Å². The van der Waals surface area contributed by atoms with Gasteiger partial charge in [0.25, 0.3) is 0 Å². The molecule has 0 fully saturated rings. The zero-order valence-corrected chi connectivity index (χ0v) is 9.50. The van der Waals surface area contributed by atoms with Crippen molar-refractivity contribution in [2.24, 2.45) is 5.92 Å². The van der Waals surface area contributed by atoms with E-state index < -0.39 is 17.5 Å². The highest BCUT2D eigenvalue weighted by atomic mass is 16.4. The Labute approximate surface area is 99.7 Å². The quantitative estimate of drug-likeness (QED) is 0.764. The van der Waals surface area contributed by atoms with E-state index in [1.165, 1.54) is 24.3 Å². The van der Waals surface area contributed by atoms with Gasteiger partial charge in [-0.05, 0) is 30.2 Å². The summed E-state index contributed by atoms with van der Waals surface area (Å²) in [6.45, 7) is 1.91. The third-order valence-corrected chi connectivity index (χ3v) is 2.98. The summed E-state index contributed by atoms with van der Waals surface area (Å²) < 4.78 is 0. The molecule has 1 aliphatic rings. The first-order valence-corrected chi connectivity index (χ1v) is 5.43. The van der Waals surface area contributed by atoms with Crippen molar-refractivity contribution in [2.75, 3.05) is 0 Å². The van der Waals surface area contributed by atoms with Gasteiger partial charge in [0.05, 0.1) is 5.92 Å². The number of hydrogen-bond acceptors (Lipinski definition) is 2. The Hall–Kier alpha value is -1.87. The van der Waals surface area contributed by atoms with E-state index >= 15 is 0 Å². The molecule has 2 rings (SSSR count). The predicted octanol–water partition coefficient (Wildman–Crippen LogP) is 2.01. The van der Waals surface area contributed by atoms with E-state index in [0.29, 0.717) is 0 Å². The second kappa shape index (κ2) is 4.18. The molecule has 0 heterocycles. The Morgan fingerprint density at radius 2 is 1.82 bits per heavy atom. The van der Waals surface area contributed by atoms with Gasteiger partial charge in [0, 0.05) is 0 Å². The maximum absolute atomic E-state index is 10.8. The average molecular weight is 230 g/mol. The summed E-state index contributed by atoms with van der Waals surface area (Å²) in [4.78, 5) is 10.8. The molecule has 88 valence electrons. The topological polar surface area (TPSA) is 57.5 Å². The SMILES string of the molecule is Cc1ccccc1C1(O)C=CC(C(=O)O)C=C1. The highest BCUT2D eigenvalue weighted by Gasteiger charge is 2.28. The van der Waals surface area contributed by atoms with Crippen LogP contribution in [0.2, 0.25) is 0 Å². The van der Waals surface area contributed by atoms with Crippen molar-refractivity contribution in [1.82, 2.24) is 0 Å². The van der Waals surface area contributed by atoms with E-state index in [1.807, 2.05) is 31.2 Å². The minimum atomic E-state index is -1.20. The Morgan fingerprint density at radius 1 is 1.24 bits per heavy atom. The lowest BCUT2D eigenvalue weighted by Gasteiger charge is -2.26. The summed E-state index contributed by atoms with van der Waals surface area (Å²) in [6.07, 6.45) is 6.09. The molecular weight excluding hydrogens is 216 g/mol. The third-order valence-electron chi connectivity index (χ3n) is 2.98. The van der Waals surface area contributed by atoms with Gasteiger partial charge in [0.2, 0.25) is 0 Å². The molecular formula is C14H14O3. The second-order valence-corrected chi connectivity index (χ2v) is 4.22.